The lowest BCUT2D eigenvalue weighted by atomic mass is 9.98. The molecule has 208 valence electrons. The van der Waals surface area contributed by atoms with Crippen molar-refractivity contribution in [3.05, 3.63) is 29.8 Å². The molecule has 0 aliphatic carbocycles. The summed E-state index contributed by atoms with van der Waals surface area (Å²) in [5.41, 5.74) is 14.2. The van der Waals surface area contributed by atoms with E-state index in [1.54, 1.807) is 0 Å². The largest absolute Gasteiger partial charge is 0.369 e. The molecular formula is C29H44N6O2S. The van der Waals surface area contributed by atoms with Crippen molar-refractivity contribution in [1.29, 1.82) is 0 Å². The Balaban J connectivity index is 1.12. The van der Waals surface area contributed by atoms with E-state index in [2.05, 4.69) is 34.0 Å². The van der Waals surface area contributed by atoms with E-state index < -0.39 is 0 Å². The Morgan fingerprint density at radius 3 is 2.50 bits per heavy atom. The second-order valence-corrected chi connectivity index (χ2v) is 12.7. The van der Waals surface area contributed by atoms with Gasteiger partial charge in [-0.3, -0.25) is 9.59 Å². The molecule has 9 heteroatoms. The maximum Gasteiger partial charge on any atom is 0.223 e. The molecule has 3 aliphatic rings. The van der Waals surface area contributed by atoms with Gasteiger partial charge in [0.15, 0.2) is 5.96 Å². The highest BCUT2D eigenvalue weighted by atomic mass is 32.2. The third-order valence-electron chi connectivity index (χ3n) is 8.09. The number of benzene rings is 1. The van der Waals surface area contributed by atoms with E-state index >= 15 is 0 Å². The number of nitrogens with zero attached hydrogens (tertiary/aromatic N) is 3. The zero-order chi connectivity index (χ0) is 27.1. The van der Waals surface area contributed by atoms with Crippen LogP contribution in [0.2, 0.25) is 0 Å². The van der Waals surface area contributed by atoms with Crippen molar-refractivity contribution in [1.82, 2.24) is 10.2 Å². The third kappa shape index (κ3) is 7.98. The fraction of sp³-hybridized carbons (Fsp3) is 0.655. The molecule has 3 heterocycles. The van der Waals surface area contributed by atoms with Crippen LogP contribution in [0.3, 0.4) is 0 Å². The van der Waals surface area contributed by atoms with E-state index in [0.717, 1.165) is 57.1 Å². The average molecular weight is 541 g/mol. The van der Waals surface area contributed by atoms with Gasteiger partial charge in [-0.25, -0.2) is 4.99 Å². The Kier molecular flexibility index (Phi) is 10.1. The number of unbranched alkanes of at least 4 members (excludes halogenated alkanes) is 1. The maximum absolute atomic E-state index is 12.3. The summed E-state index contributed by atoms with van der Waals surface area (Å²) < 4.78 is 0. The molecule has 5 atom stereocenters. The van der Waals surface area contributed by atoms with Crippen LogP contribution in [-0.2, 0) is 16.0 Å². The Morgan fingerprint density at radius 2 is 1.79 bits per heavy atom. The monoisotopic (exact) mass is 540 g/mol. The summed E-state index contributed by atoms with van der Waals surface area (Å²) >= 11 is 1.97. The van der Waals surface area contributed by atoms with E-state index in [4.69, 9.17) is 11.5 Å². The van der Waals surface area contributed by atoms with Crippen LogP contribution in [0, 0.1) is 0 Å². The summed E-state index contributed by atoms with van der Waals surface area (Å²) in [5, 5.41) is 4.19. The predicted molar refractivity (Wildman–Crippen MR) is 157 cm³/mol. The van der Waals surface area contributed by atoms with Gasteiger partial charge in [0.25, 0.3) is 0 Å². The zero-order valence-electron chi connectivity index (χ0n) is 22.9. The number of hydrogen-bond acceptors (Lipinski definition) is 4. The number of aliphatic imine (C=N–C) groups is 2. The first-order valence-corrected chi connectivity index (χ1v) is 15.2. The first-order chi connectivity index (χ1) is 18.3. The topological polar surface area (TPSA) is 126 Å². The van der Waals surface area contributed by atoms with Gasteiger partial charge in [-0.2, -0.15) is 16.8 Å². The van der Waals surface area contributed by atoms with E-state index in [1.807, 2.05) is 36.0 Å². The number of piperidine rings is 1. The Bertz CT molecular complexity index is 1000. The Labute approximate surface area is 231 Å². The second kappa shape index (κ2) is 13.5. The van der Waals surface area contributed by atoms with Gasteiger partial charge in [0.2, 0.25) is 11.9 Å². The highest BCUT2D eigenvalue weighted by molar-refractivity contribution is 8.00. The van der Waals surface area contributed by atoms with Crippen LogP contribution in [0.4, 0.5) is 5.69 Å². The van der Waals surface area contributed by atoms with Gasteiger partial charge < -0.3 is 21.7 Å². The van der Waals surface area contributed by atoms with Crippen molar-refractivity contribution < 1.29 is 9.59 Å². The molecule has 3 aliphatic heterocycles. The smallest absolute Gasteiger partial charge is 0.223 e. The summed E-state index contributed by atoms with van der Waals surface area (Å²) in [5.74, 6) is 1.15. The van der Waals surface area contributed by atoms with Crippen molar-refractivity contribution in [3.8, 4) is 0 Å². The molecule has 0 spiro atoms. The Morgan fingerprint density at radius 1 is 1.08 bits per heavy atom. The van der Waals surface area contributed by atoms with Crippen LogP contribution in [0.25, 0.3) is 0 Å². The molecule has 0 aromatic heterocycles. The van der Waals surface area contributed by atoms with Crippen LogP contribution >= 0.6 is 11.8 Å². The number of ketones is 1. The molecular weight excluding hydrogens is 496 g/mol. The number of carbonyl (C=O) groups is 2. The normalized spacial score (nSPS) is 27.9. The molecule has 1 aromatic rings. The van der Waals surface area contributed by atoms with Crippen molar-refractivity contribution in [3.63, 3.8) is 0 Å². The van der Waals surface area contributed by atoms with E-state index in [-0.39, 0.29) is 11.9 Å². The van der Waals surface area contributed by atoms with Crippen molar-refractivity contribution in [2.45, 2.75) is 120 Å². The molecule has 4 rings (SSSR count). The van der Waals surface area contributed by atoms with E-state index in [1.165, 1.54) is 12.0 Å². The molecule has 1 amide bonds. The lowest BCUT2D eigenvalue weighted by Crippen LogP contribution is -2.51. The highest BCUT2D eigenvalue weighted by Crippen LogP contribution is 2.41. The summed E-state index contributed by atoms with van der Waals surface area (Å²) in [6, 6.07) is 9.02. The van der Waals surface area contributed by atoms with Gasteiger partial charge >= 0.3 is 0 Å². The Hall–Kier alpha value is -2.55. The molecule has 0 saturated carbocycles. The number of fused-ring (bicyclic) bond motifs is 1. The van der Waals surface area contributed by atoms with Gasteiger partial charge in [0.1, 0.15) is 5.78 Å². The minimum Gasteiger partial charge on any atom is -0.369 e. The number of nitrogens with one attached hydrogen (secondary N) is 1. The zero-order valence-corrected chi connectivity index (χ0v) is 23.7. The number of aryl methyl sites for hydroxylation is 1. The fourth-order valence-corrected chi connectivity index (χ4v) is 7.79. The lowest BCUT2D eigenvalue weighted by Gasteiger charge is -2.39. The minimum absolute atomic E-state index is 0.159. The molecule has 3 saturated heterocycles. The van der Waals surface area contributed by atoms with E-state index in [9.17, 15) is 9.59 Å². The van der Waals surface area contributed by atoms with Crippen LogP contribution in [-0.4, -0.2) is 57.1 Å². The number of rotatable bonds is 10. The standard InChI is InChI=1S/C29H44N6O2S/c1-19-7-5-8-20(2)35(19)29(31)34-28(30)32-22-15-13-21(14-16-22)9-6-11-23(36)10-3-4-12-24-17-25-26(38-24)18-27(37)33-25/h13-16,19-20,24-26H,3-12,17-18H2,1-2H3,(H,33,37)(H4,30,31,32,34)/t19-,20+,24?,25?,26?. The number of hydrogen-bond donors (Lipinski definition) is 3. The van der Waals surface area contributed by atoms with Gasteiger partial charge in [0.05, 0.1) is 5.69 Å². The first kappa shape index (κ1) is 28.5. The van der Waals surface area contributed by atoms with Crippen molar-refractivity contribution in [2.75, 3.05) is 0 Å². The molecule has 0 bridgehead atoms. The molecule has 3 fully saturated rings. The van der Waals surface area contributed by atoms with Gasteiger partial charge in [-0.1, -0.05) is 18.6 Å². The molecule has 0 radical (unpaired) electrons. The lowest BCUT2D eigenvalue weighted by molar-refractivity contribution is -0.120. The maximum atomic E-state index is 12.3. The van der Waals surface area contributed by atoms with E-state index in [0.29, 0.717) is 59.6 Å². The van der Waals surface area contributed by atoms with Crippen LogP contribution in [0.5, 0.6) is 0 Å². The highest BCUT2D eigenvalue weighted by Gasteiger charge is 2.41. The van der Waals surface area contributed by atoms with Crippen LogP contribution in [0.1, 0.15) is 90.0 Å². The van der Waals surface area contributed by atoms with Crippen LogP contribution in [0.15, 0.2) is 34.3 Å². The number of guanidine groups is 2. The number of nitrogens with two attached hydrogens (primary N) is 2. The molecule has 8 nitrogen and oxygen atoms in total. The number of likely N-dealkylation sites (tertiary alicyclic amines) is 1. The summed E-state index contributed by atoms with van der Waals surface area (Å²) in [7, 11) is 0. The van der Waals surface area contributed by atoms with Gasteiger partial charge in [-0.15, -0.1) is 0 Å². The summed E-state index contributed by atoms with van der Waals surface area (Å²) in [6.45, 7) is 4.34. The fourth-order valence-electron chi connectivity index (χ4n) is 6.06. The number of amides is 1. The number of thioether (sulfide) groups is 1. The van der Waals surface area contributed by atoms with Crippen molar-refractivity contribution in [2.24, 2.45) is 21.5 Å². The number of Topliss-reactive ketones (excluding diaryl/α,β-unsaturated/α-hetero) is 1. The molecule has 3 unspecified atom stereocenters. The van der Waals surface area contributed by atoms with Crippen LogP contribution < -0.4 is 16.8 Å². The summed E-state index contributed by atoms with van der Waals surface area (Å²) in [4.78, 5) is 34.7. The molecule has 1 aromatic carbocycles. The minimum atomic E-state index is 0.159. The van der Waals surface area contributed by atoms with Gasteiger partial charge in [0, 0.05) is 47.9 Å². The van der Waals surface area contributed by atoms with Gasteiger partial charge in [-0.05, 0) is 82.9 Å². The molecule has 5 N–H and O–H groups in total. The molecule has 38 heavy (non-hydrogen) atoms. The SMILES string of the molecule is C[C@@H]1CCC[C@H](C)N1C(N)=NC(N)=Nc1ccc(CCCC(=O)CCCCC2CC3NC(=O)CC3S2)cc1. The number of carbonyl (C=O) groups excluding carboxylic acids is 2. The average Bonchev–Trinajstić information content (AvgIpc) is 3.39. The first-order valence-electron chi connectivity index (χ1n) is 14.3. The quantitative estimate of drug-likeness (QED) is 0.229. The summed E-state index contributed by atoms with van der Waals surface area (Å²) in [6.07, 6.45) is 11.4. The third-order valence-corrected chi connectivity index (χ3v) is 9.74. The predicted octanol–water partition coefficient (Wildman–Crippen LogP) is 4.43. The van der Waals surface area contributed by atoms with Crippen molar-refractivity contribution >= 4 is 41.1 Å². The second-order valence-electron chi connectivity index (χ2n) is 11.2.